The van der Waals surface area contributed by atoms with Crippen LogP contribution in [-0.4, -0.2) is 37.8 Å². The number of nitrogens with two attached hydrogens (primary N) is 1. The summed E-state index contributed by atoms with van der Waals surface area (Å²) in [5.74, 6) is -0.156. The van der Waals surface area contributed by atoms with Crippen LogP contribution in [0.15, 0.2) is 17.0 Å². The molecule has 2 aliphatic heterocycles. The molecule has 3 N–H and O–H groups in total. The topological polar surface area (TPSA) is 92.5 Å². The van der Waals surface area contributed by atoms with E-state index in [4.69, 9.17) is 17.3 Å². The maximum atomic E-state index is 12.8. The molecule has 1 aromatic rings. The van der Waals surface area contributed by atoms with Gasteiger partial charge in [-0.05, 0) is 30.5 Å². The number of hydrogen-bond acceptors (Lipinski definition) is 4. The Morgan fingerprint density at radius 1 is 1.43 bits per heavy atom. The largest absolute Gasteiger partial charge is 0.329 e. The molecule has 1 fully saturated rings. The van der Waals surface area contributed by atoms with Gasteiger partial charge in [0.25, 0.3) is 0 Å². The maximum Gasteiger partial charge on any atom is 0.244 e. The number of carbonyl (C=O) groups excluding carboxylic acids is 1. The lowest BCUT2D eigenvalue weighted by Crippen LogP contribution is -2.40. The van der Waals surface area contributed by atoms with Crippen molar-refractivity contribution in [3.05, 3.63) is 22.7 Å². The number of halogens is 1. The van der Waals surface area contributed by atoms with Crippen molar-refractivity contribution in [3.8, 4) is 0 Å². The fourth-order valence-corrected chi connectivity index (χ4v) is 5.17. The first-order chi connectivity index (χ1) is 9.93. The number of rotatable bonds is 3. The third-order valence-corrected chi connectivity index (χ3v) is 6.38. The smallest absolute Gasteiger partial charge is 0.244 e. The molecule has 1 unspecified atom stereocenters. The third-order valence-electron chi connectivity index (χ3n) is 3.96. The number of hydrogen-bond donors (Lipinski definition) is 2. The summed E-state index contributed by atoms with van der Waals surface area (Å²) in [5, 5.41) is 2.78. The van der Waals surface area contributed by atoms with E-state index in [2.05, 4.69) is 5.32 Å². The van der Waals surface area contributed by atoms with Gasteiger partial charge >= 0.3 is 0 Å². The summed E-state index contributed by atoms with van der Waals surface area (Å²) < 4.78 is 27.0. The molecule has 8 heteroatoms. The highest BCUT2D eigenvalue weighted by Crippen LogP contribution is 2.35. The average molecular weight is 330 g/mol. The van der Waals surface area contributed by atoms with Crippen LogP contribution in [0.2, 0.25) is 5.02 Å². The van der Waals surface area contributed by atoms with E-state index in [0.717, 1.165) is 12.8 Å². The molecule has 2 heterocycles. The zero-order chi connectivity index (χ0) is 15.2. The molecule has 6 nitrogen and oxygen atoms in total. The van der Waals surface area contributed by atoms with Gasteiger partial charge in [-0.3, -0.25) is 4.79 Å². The van der Waals surface area contributed by atoms with Crippen LogP contribution in [0, 0.1) is 0 Å². The Bertz CT molecular complexity index is 705. The molecule has 1 saturated heterocycles. The highest BCUT2D eigenvalue weighted by Gasteiger charge is 2.36. The predicted octanol–water partition coefficient (Wildman–Crippen LogP) is 0.946. The molecule has 21 heavy (non-hydrogen) atoms. The van der Waals surface area contributed by atoms with Gasteiger partial charge in [-0.25, -0.2) is 8.42 Å². The summed E-state index contributed by atoms with van der Waals surface area (Å²) in [4.78, 5) is 11.5. The van der Waals surface area contributed by atoms with Crippen LogP contribution < -0.4 is 11.1 Å². The van der Waals surface area contributed by atoms with Gasteiger partial charge in [-0.15, -0.1) is 0 Å². The number of sulfonamides is 1. The van der Waals surface area contributed by atoms with Crippen LogP contribution in [-0.2, 0) is 21.2 Å². The number of nitrogens with zero attached hydrogens (tertiary/aromatic N) is 1. The minimum Gasteiger partial charge on any atom is -0.329 e. The number of carbonyl (C=O) groups is 1. The van der Waals surface area contributed by atoms with Gasteiger partial charge in [-0.1, -0.05) is 11.6 Å². The molecule has 2 aliphatic rings. The molecule has 1 amide bonds. The molecule has 114 valence electrons. The second-order valence-corrected chi connectivity index (χ2v) is 7.58. The van der Waals surface area contributed by atoms with Crippen LogP contribution in [0.5, 0.6) is 0 Å². The highest BCUT2D eigenvalue weighted by atomic mass is 35.5. The second kappa shape index (κ2) is 5.24. The number of amides is 1. The number of anilines is 1. The van der Waals surface area contributed by atoms with E-state index in [-0.39, 0.29) is 28.3 Å². The summed E-state index contributed by atoms with van der Waals surface area (Å²) in [6, 6.07) is 2.82. The SMILES string of the molecule is NCC1CCCN1S(=O)(=O)c1cc2c(cc1Cl)NC(=O)C2. The normalized spacial score (nSPS) is 22.4. The highest BCUT2D eigenvalue weighted by molar-refractivity contribution is 7.89. The molecule has 0 bridgehead atoms. The number of fused-ring (bicyclic) bond motifs is 1. The summed E-state index contributed by atoms with van der Waals surface area (Å²) in [6.07, 6.45) is 1.73. The minimum absolute atomic E-state index is 0.0553. The molecular formula is C13H16ClN3O3S. The average Bonchev–Trinajstić information content (AvgIpc) is 3.02. The van der Waals surface area contributed by atoms with Gasteiger partial charge < -0.3 is 11.1 Å². The Morgan fingerprint density at radius 3 is 2.90 bits per heavy atom. The van der Waals surface area contributed by atoms with Gasteiger partial charge in [0.15, 0.2) is 0 Å². The van der Waals surface area contributed by atoms with Crippen molar-refractivity contribution < 1.29 is 13.2 Å². The second-order valence-electron chi connectivity index (χ2n) is 5.31. The Labute approximate surface area is 128 Å². The standard InChI is InChI=1S/C13H16ClN3O3S/c14-10-6-11-8(5-13(18)16-11)4-12(10)21(19,20)17-3-1-2-9(17)7-15/h4,6,9H,1-3,5,7,15H2,(H,16,18). The van der Waals surface area contributed by atoms with E-state index in [1.54, 1.807) is 0 Å². The predicted molar refractivity (Wildman–Crippen MR) is 79.8 cm³/mol. The molecule has 1 aromatic carbocycles. The van der Waals surface area contributed by atoms with Crippen LogP contribution in [0.4, 0.5) is 5.69 Å². The van der Waals surface area contributed by atoms with Crippen molar-refractivity contribution >= 4 is 33.2 Å². The molecule has 0 spiro atoms. The fourth-order valence-electron chi connectivity index (χ4n) is 2.91. The zero-order valence-electron chi connectivity index (χ0n) is 11.3. The van der Waals surface area contributed by atoms with Crippen LogP contribution >= 0.6 is 11.6 Å². The van der Waals surface area contributed by atoms with Crippen molar-refractivity contribution in [1.82, 2.24) is 4.31 Å². The van der Waals surface area contributed by atoms with E-state index >= 15 is 0 Å². The quantitative estimate of drug-likeness (QED) is 0.863. The molecule has 3 rings (SSSR count). The van der Waals surface area contributed by atoms with E-state index < -0.39 is 10.0 Å². The van der Waals surface area contributed by atoms with Crippen LogP contribution in [0.25, 0.3) is 0 Å². The van der Waals surface area contributed by atoms with Crippen LogP contribution in [0.1, 0.15) is 18.4 Å². The Hall–Kier alpha value is -1.15. The minimum atomic E-state index is -3.69. The summed E-state index contributed by atoms with van der Waals surface area (Å²) in [6.45, 7) is 0.747. The fraction of sp³-hybridized carbons (Fsp3) is 0.462. The van der Waals surface area contributed by atoms with Gasteiger partial charge in [0.2, 0.25) is 15.9 Å². The van der Waals surface area contributed by atoms with Crippen molar-refractivity contribution in [3.63, 3.8) is 0 Å². The summed E-state index contributed by atoms with van der Waals surface area (Å²) >= 11 is 6.12. The van der Waals surface area contributed by atoms with E-state index in [0.29, 0.717) is 24.3 Å². The summed E-state index contributed by atoms with van der Waals surface area (Å²) in [5.41, 5.74) is 6.89. The lowest BCUT2D eigenvalue weighted by atomic mass is 10.2. The lowest BCUT2D eigenvalue weighted by Gasteiger charge is -2.23. The lowest BCUT2D eigenvalue weighted by molar-refractivity contribution is -0.115. The van der Waals surface area contributed by atoms with E-state index in [9.17, 15) is 13.2 Å². The first-order valence-electron chi connectivity index (χ1n) is 6.77. The summed E-state index contributed by atoms with van der Waals surface area (Å²) in [7, 11) is -3.69. The van der Waals surface area contributed by atoms with Gasteiger partial charge in [-0.2, -0.15) is 4.31 Å². The van der Waals surface area contributed by atoms with Gasteiger partial charge in [0, 0.05) is 24.8 Å². The van der Waals surface area contributed by atoms with Crippen molar-refractivity contribution in [2.75, 3.05) is 18.4 Å². The Balaban J connectivity index is 2.04. The van der Waals surface area contributed by atoms with E-state index in [1.807, 2.05) is 0 Å². The molecule has 0 saturated carbocycles. The van der Waals surface area contributed by atoms with Crippen molar-refractivity contribution in [2.45, 2.75) is 30.2 Å². The van der Waals surface area contributed by atoms with Crippen molar-refractivity contribution in [1.29, 1.82) is 0 Å². The van der Waals surface area contributed by atoms with Crippen molar-refractivity contribution in [2.24, 2.45) is 5.73 Å². The number of benzene rings is 1. The molecule has 0 aromatic heterocycles. The van der Waals surface area contributed by atoms with Gasteiger partial charge in [0.05, 0.1) is 11.4 Å². The number of nitrogens with one attached hydrogen (secondary N) is 1. The zero-order valence-corrected chi connectivity index (χ0v) is 12.9. The van der Waals surface area contributed by atoms with Gasteiger partial charge in [0.1, 0.15) is 4.90 Å². The molecular weight excluding hydrogens is 314 g/mol. The molecule has 0 aliphatic carbocycles. The Morgan fingerprint density at radius 2 is 2.19 bits per heavy atom. The third kappa shape index (κ3) is 2.44. The Kier molecular flexibility index (Phi) is 3.69. The van der Waals surface area contributed by atoms with Crippen LogP contribution in [0.3, 0.4) is 0 Å². The first-order valence-corrected chi connectivity index (χ1v) is 8.59. The van der Waals surface area contributed by atoms with E-state index in [1.165, 1.54) is 16.4 Å². The molecule has 0 radical (unpaired) electrons. The maximum absolute atomic E-state index is 12.8. The monoisotopic (exact) mass is 329 g/mol. The first kappa shape index (κ1) is 14.8. The molecule has 1 atom stereocenters.